The van der Waals surface area contributed by atoms with Gasteiger partial charge in [0.15, 0.2) is 0 Å². The first-order valence-corrected chi connectivity index (χ1v) is 7.77. The van der Waals surface area contributed by atoms with Crippen molar-refractivity contribution in [1.82, 2.24) is 5.32 Å². The van der Waals surface area contributed by atoms with Crippen LogP contribution in [0.4, 0.5) is 0 Å². The van der Waals surface area contributed by atoms with Crippen molar-refractivity contribution in [3.8, 4) is 5.75 Å². The highest BCUT2D eigenvalue weighted by Gasteiger charge is 2.18. The van der Waals surface area contributed by atoms with Gasteiger partial charge in [0.05, 0.1) is 0 Å². The first-order valence-electron chi connectivity index (χ1n) is 6.89. The molecule has 0 aliphatic heterocycles. The fourth-order valence-electron chi connectivity index (χ4n) is 1.83. The number of benzene rings is 1. The topological polar surface area (TPSA) is 75.6 Å². The van der Waals surface area contributed by atoms with Crippen LogP contribution < -0.4 is 10.1 Å². The molecule has 1 heterocycles. The van der Waals surface area contributed by atoms with Gasteiger partial charge in [-0.1, -0.05) is 13.0 Å². The molecule has 0 saturated carbocycles. The third-order valence-electron chi connectivity index (χ3n) is 3.09. The van der Waals surface area contributed by atoms with E-state index in [1.807, 2.05) is 17.5 Å². The molecule has 2 N–H and O–H groups in total. The Bertz CT molecular complexity index is 622. The fraction of sp³-hybridized carbons (Fsp3) is 0.250. The van der Waals surface area contributed by atoms with Crippen LogP contribution in [0.15, 0.2) is 41.8 Å². The average Bonchev–Trinajstić information content (AvgIpc) is 3.04. The Morgan fingerprint density at radius 3 is 2.55 bits per heavy atom. The van der Waals surface area contributed by atoms with Gasteiger partial charge < -0.3 is 15.2 Å². The number of hydrogen-bond donors (Lipinski definition) is 2. The summed E-state index contributed by atoms with van der Waals surface area (Å²) in [6.07, 6.45) is 0.336. The summed E-state index contributed by atoms with van der Waals surface area (Å²) in [6, 6.07) is 9.71. The second-order valence-corrected chi connectivity index (χ2v) is 5.70. The van der Waals surface area contributed by atoms with Gasteiger partial charge in [-0.3, -0.25) is 4.79 Å². The van der Waals surface area contributed by atoms with Crippen LogP contribution in [0.1, 0.15) is 28.6 Å². The Hall–Kier alpha value is -2.34. The van der Waals surface area contributed by atoms with Crippen LogP contribution >= 0.6 is 11.3 Å². The van der Waals surface area contributed by atoms with Crippen molar-refractivity contribution in [2.24, 2.45) is 0 Å². The Balaban J connectivity index is 1.93. The van der Waals surface area contributed by atoms with Crippen molar-refractivity contribution < 1.29 is 19.4 Å². The number of aliphatic carboxylic acids is 1. The lowest BCUT2D eigenvalue weighted by atomic mass is 10.1. The predicted octanol–water partition coefficient (Wildman–Crippen LogP) is 2.92. The minimum Gasteiger partial charge on any atom is -0.488 e. The van der Waals surface area contributed by atoms with Crippen molar-refractivity contribution in [1.29, 1.82) is 0 Å². The van der Waals surface area contributed by atoms with Gasteiger partial charge in [-0.05, 0) is 42.1 Å². The number of rotatable bonds is 7. The molecule has 0 bridgehead atoms. The fourth-order valence-corrected chi connectivity index (χ4v) is 2.45. The van der Waals surface area contributed by atoms with Crippen LogP contribution in [0.5, 0.6) is 5.75 Å². The number of hydrogen-bond acceptors (Lipinski definition) is 4. The van der Waals surface area contributed by atoms with Crippen LogP contribution in [0.3, 0.4) is 0 Å². The number of carboxylic acids is 1. The summed E-state index contributed by atoms with van der Waals surface area (Å²) >= 11 is 1.62. The first kappa shape index (κ1) is 16.0. The second-order valence-electron chi connectivity index (χ2n) is 4.66. The number of ether oxygens (including phenoxy) is 1. The van der Waals surface area contributed by atoms with E-state index in [2.05, 4.69) is 5.32 Å². The van der Waals surface area contributed by atoms with E-state index >= 15 is 0 Å². The van der Waals surface area contributed by atoms with E-state index in [1.54, 1.807) is 42.5 Å². The third-order valence-corrected chi connectivity index (χ3v) is 3.94. The zero-order chi connectivity index (χ0) is 15.9. The summed E-state index contributed by atoms with van der Waals surface area (Å²) in [4.78, 5) is 24.0. The lowest BCUT2D eigenvalue weighted by Crippen LogP contribution is -2.40. The highest BCUT2D eigenvalue weighted by molar-refractivity contribution is 7.09. The highest BCUT2D eigenvalue weighted by Crippen LogP contribution is 2.16. The second kappa shape index (κ2) is 7.61. The molecule has 0 saturated heterocycles. The summed E-state index contributed by atoms with van der Waals surface area (Å²) in [7, 11) is 0. The van der Waals surface area contributed by atoms with E-state index in [0.717, 1.165) is 4.88 Å². The van der Waals surface area contributed by atoms with Crippen molar-refractivity contribution in [3.63, 3.8) is 0 Å². The molecule has 0 spiro atoms. The largest absolute Gasteiger partial charge is 0.488 e. The molecule has 1 unspecified atom stereocenters. The molecule has 0 fully saturated rings. The summed E-state index contributed by atoms with van der Waals surface area (Å²) in [6.45, 7) is 2.20. The Morgan fingerprint density at radius 2 is 2.00 bits per heavy atom. The van der Waals surface area contributed by atoms with Gasteiger partial charge in [-0.25, -0.2) is 4.79 Å². The Labute approximate surface area is 132 Å². The van der Waals surface area contributed by atoms with Gasteiger partial charge in [0.25, 0.3) is 5.91 Å². The van der Waals surface area contributed by atoms with Crippen molar-refractivity contribution in [3.05, 3.63) is 52.2 Å². The smallest absolute Gasteiger partial charge is 0.326 e. The number of thiophene rings is 1. The van der Waals surface area contributed by atoms with Gasteiger partial charge in [0, 0.05) is 10.4 Å². The number of nitrogens with one attached hydrogen (secondary N) is 1. The first-order chi connectivity index (χ1) is 10.6. The van der Waals surface area contributed by atoms with Gasteiger partial charge >= 0.3 is 5.97 Å². The van der Waals surface area contributed by atoms with Crippen LogP contribution in [0.25, 0.3) is 0 Å². The van der Waals surface area contributed by atoms with Crippen molar-refractivity contribution in [2.45, 2.75) is 26.0 Å². The quantitative estimate of drug-likeness (QED) is 0.823. The Morgan fingerprint density at radius 1 is 1.27 bits per heavy atom. The molecular weight excluding hydrogens is 302 g/mol. The molecule has 0 aliphatic rings. The summed E-state index contributed by atoms with van der Waals surface area (Å²) < 4.78 is 5.61. The molecule has 0 radical (unpaired) electrons. The minimum atomic E-state index is -1.04. The molecule has 116 valence electrons. The van der Waals surface area contributed by atoms with Crippen LogP contribution in [0.2, 0.25) is 0 Å². The zero-order valence-corrected chi connectivity index (χ0v) is 12.9. The predicted molar refractivity (Wildman–Crippen MR) is 84.3 cm³/mol. The van der Waals surface area contributed by atoms with Gasteiger partial charge in [0.2, 0.25) is 0 Å². The van der Waals surface area contributed by atoms with E-state index in [4.69, 9.17) is 9.84 Å². The monoisotopic (exact) mass is 319 g/mol. The third kappa shape index (κ3) is 4.33. The molecule has 1 aromatic heterocycles. The maximum atomic E-state index is 12.0. The van der Waals surface area contributed by atoms with Crippen molar-refractivity contribution in [2.75, 3.05) is 0 Å². The minimum absolute atomic E-state index is 0.336. The maximum absolute atomic E-state index is 12.0. The van der Waals surface area contributed by atoms with E-state index < -0.39 is 17.9 Å². The normalized spacial score (nSPS) is 11.7. The standard InChI is InChI=1S/C16H17NO4S/c1-2-14(16(19)20)17-15(18)11-5-7-12(8-6-11)21-10-13-4-3-9-22-13/h3-9,14H,2,10H2,1H3,(H,17,18)(H,19,20). The Kier molecular flexibility index (Phi) is 5.55. The van der Waals surface area contributed by atoms with E-state index in [-0.39, 0.29) is 0 Å². The van der Waals surface area contributed by atoms with E-state index in [1.165, 1.54) is 0 Å². The SMILES string of the molecule is CCC(NC(=O)c1ccc(OCc2cccs2)cc1)C(=O)O. The maximum Gasteiger partial charge on any atom is 0.326 e. The van der Waals surface area contributed by atoms with E-state index in [9.17, 15) is 9.59 Å². The molecular formula is C16H17NO4S. The molecule has 1 aromatic carbocycles. The average molecular weight is 319 g/mol. The van der Waals surface area contributed by atoms with Crippen molar-refractivity contribution >= 4 is 23.2 Å². The van der Waals surface area contributed by atoms with Gasteiger partial charge in [0.1, 0.15) is 18.4 Å². The summed E-state index contributed by atoms with van der Waals surface area (Å²) in [5.41, 5.74) is 0.406. The van der Waals surface area contributed by atoms with Crippen LogP contribution in [-0.4, -0.2) is 23.0 Å². The molecule has 2 aromatic rings. The number of carbonyl (C=O) groups is 2. The van der Waals surface area contributed by atoms with E-state index in [0.29, 0.717) is 24.3 Å². The number of amides is 1. The number of carbonyl (C=O) groups excluding carboxylic acids is 1. The van der Waals surface area contributed by atoms with Gasteiger partial charge in [-0.15, -0.1) is 11.3 Å². The number of carboxylic acid groups (broad SMARTS) is 1. The molecule has 2 rings (SSSR count). The van der Waals surface area contributed by atoms with Crippen LogP contribution in [0, 0.1) is 0 Å². The molecule has 1 atom stereocenters. The highest BCUT2D eigenvalue weighted by atomic mass is 32.1. The summed E-state index contributed by atoms with van der Waals surface area (Å²) in [5, 5.41) is 13.4. The molecule has 0 aliphatic carbocycles. The summed E-state index contributed by atoms with van der Waals surface area (Å²) in [5.74, 6) is -0.777. The van der Waals surface area contributed by atoms with Gasteiger partial charge in [-0.2, -0.15) is 0 Å². The molecule has 1 amide bonds. The lowest BCUT2D eigenvalue weighted by Gasteiger charge is -2.12. The zero-order valence-electron chi connectivity index (χ0n) is 12.1. The van der Waals surface area contributed by atoms with Crippen LogP contribution in [-0.2, 0) is 11.4 Å². The molecule has 6 heteroatoms. The molecule has 5 nitrogen and oxygen atoms in total. The lowest BCUT2D eigenvalue weighted by molar-refractivity contribution is -0.139. The molecule has 22 heavy (non-hydrogen) atoms.